The summed E-state index contributed by atoms with van der Waals surface area (Å²) in [7, 11) is 0. The first-order valence-electron chi connectivity index (χ1n) is 7.89. The normalized spacial score (nSPS) is 13.1. The summed E-state index contributed by atoms with van der Waals surface area (Å²) in [5.74, 6) is -1.38. The van der Waals surface area contributed by atoms with Gasteiger partial charge in [0, 0.05) is 0 Å². The maximum atomic E-state index is 12.6. The second-order valence-electron chi connectivity index (χ2n) is 5.50. The Balaban J connectivity index is 1.95. The molecule has 0 spiro atoms. The van der Waals surface area contributed by atoms with Crippen molar-refractivity contribution in [3.8, 4) is 0 Å². The van der Waals surface area contributed by atoms with Crippen LogP contribution < -0.4 is 4.90 Å². The fourth-order valence-electron chi connectivity index (χ4n) is 2.64. The van der Waals surface area contributed by atoms with Gasteiger partial charge in [-0.3, -0.25) is 9.59 Å². The van der Waals surface area contributed by atoms with Crippen LogP contribution >= 0.6 is 0 Å². The van der Waals surface area contributed by atoms with Crippen LogP contribution in [-0.4, -0.2) is 24.4 Å². The van der Waals surface area contributed by atoms with E-state index >= 15 is 0 Å². The van der Waals surface area contributed by atoms with Gasteiger partial charge in [0.05, 0.1) is 29.0 Å². The van der Waals surface area contributed by atoms with Crippen molar-refractivity contribution in [2.45, 2.75) is 19.8 Å². The molecule has 0 fully saturated rings. The van der Waals surface area contributed by atoms with Crippen LogP contribution in [0.25, 0.3) is 0 Å². The molecule has 0 N–H and O–H groups in total. The first-order valence-corrected chi connectivity index (χ1v) is 7.89. The second kappa shape index (κ2) is 6.66. The number of hydrogen-bond donors (Lipinski definition) is 0. The van der Waals surface area contributed by atoms with Crippen molar-refractivity contribution in [2.75, 3.05) is 11.5 Å². The van der Waals surface area contributed by atoms with Crippen molar-refractivity contribution in [3.05, 3.63) is 65.2 Å². The second-order valence-corrected chi connectivity index (χ2v) is 5.50. The molecule has 0 radical (unpaired) electrons. The largest absolute Gasteiger partial charge is 0.462 e. The molecule has 0 atom stereocenters. The fraction of sp³-hybridized carbons (Fsp3) is 0.211. The molecule has 122 valence electrons. The number of imide groups is 1. The molecule has 0 aliphatic carbocycles. The van der Waals surface area contributed by atoms with Crippen molar-refractivity contribution in [2.24, 2.45) is 0 Å². The van der Waals surface area contributed by atoms with Gasteiger partial charge in [0.15, 0.2) is 0 Å². The van der Waals surface area contributed by atoms with Gasteiger partial charge >= 0.3 is 5.97 Å². The molecule has 0 aromatic heterocycles. The van der Waals surface area contributed by atoms with E-state index in [2.05, 4.69) is 0 Å². The summed E-state index contributed by atoms with van der Waals surface area (Å²) in [5.41, 5.74) is 1.15. The molecule has 24 heavy (non-hydrogen) atoms. The van der Waals surface area contributed by atoms with E-state index in [1.165, 1.54) is 0 Å². The van der Waals surface area contributed by atoms with E-state index in [4.69, 9.17) is 4.74 Å². The van der Waals surface area contributed by atoms with Crippen molar-refractivity contribution in [3.63, 3.8) is 0 Å². The molecule has 2 aromatic rings. The van der Waals surface area contributed by atoms with Gasteiger partial charge < -0.3 is 4.74 Å². The van der Waals surface area contributed by atoms with Gasteiger partial charge in [0.2, 0.25) is 0 Å². The molecular weight excluding hydrogens is 306 g/mol. The number of nitrogens with zero attached hydrogens (tertiary/aromatic N) is 1. The van der Waals surface area contributed by atoms with Crippen molar-refractivity contribution < 1.29 is 19.1 Å². The van der Waals surface area contributed by atoms with Crippen LogP contribution in [0.1, 0.15) is 50.8 Å². The zero-order valence-corrected chi connectivity index (χ0v) is 13.3. The number of amides is 2. The highest BCUT2D eigenvalue weighted by Gasteiger charge is 2.38. The highest BCUT2D eigenvalue weighted by Crippen LogP contribution is 2.31. The van der Waals surface area contributed by atoms with E-state index < -0.39 is 17.8 Å². The Morgan fingerprint density at radius 2 is 1.54 bits per heavy atom. The van der Waals surface area contributed by atoms with Gasteiger partial charge in [-0.2, -0.15) is 0 Å². The molecular formula is C19H17NO4. The highest BCUT2D eigenvalue weighted by molar-refractivity contribution is 6.35. The quantitative estimate of drug-likeness (QED) is 0.480. The van der Waals surface area contributed by atoms with Crippen LogP contribution in [0.3, 0.4) is 0 Å². The van der Waals surface area contributed by atoms with Gasteiger partial charge in [0.1, 0.15) is 0 Å². The summed E-state index contributed by atoms with van der Waals surface area (Å²) >= 11 is 0. The van der Waals surface area contributed by atoms with Crippen LogP contribution in [0.4, 0.5) is 5.69 Å². The third-order valence-electron chi connectivity index (χ3n) is 3.89. The summed E-state index contributed by atoms with van der Waals surface area (Å²) in [6, 6.07) is 13.1. The smallest absolute Gasteiger partial charge is 0.340 e. The van der Waals surface area contributed by atoms with Crippen LogP contribution in [0.5, 0.6) is 0 Å². The number of para-hydroxylation sites is 1. The van der Waals surface area contributed by atoms with Gasteiger partial charge in [-0.15, -0.1) is 0 Å². The van der Waals surface area contributed by atoms with Gasteiger partial charge in [-0.1, -0.05) is 37.6 Å². The predicted molar refractivity (Wildman–Crippen MR) is 89.2 cm³/mol. The topological polar surface area (TPSA) is 63.7 Å². The van der Waals surface area contributed by atoms with E-state index in [-0.39, 0.29) is 11.3 Å². The Hall–Kier alpha value is -2.95. The van der Waals surface area contributed by atoms with Crippen molar-refractivity contribution in [1.29, 1.82) is 0 Å². The standard InChI is InChI=1S/C19H17NO4/c1-2-3-12-24-19(23)15-10-6-7-11-16(15)20-17(21)13-8-4-5-9-14(13)18(20)22/h4-11H,2-3,12H2,1H3. The van der Waals surface area contributed by atoms with Crippen LogP contribution in [-0.2, 0) is 4.74 Å². The molecule has 3 rings (SSSR count). The Kier molecular flexibility index (Phi) is 4.42. The lowest BCUT2D eigenvalue weighted by molar-refractivity contribution is 0.0501. The number of unbranched alkanes of at least 4 members (excludes halogenated alkanes) is 1. The molecule has 0 saturated heterocycles. The molecule has 2 aromatic carbocycles. The minimum absolute atomic E-state index is 0.211. The first kappa shape index (κ1) is 15.9. The monoisotopic (exact) mass is 323 g/mol. The van der Waals surface area contributed by atoms with Crippen LogP contribution in [0, 0.1) is 0 Å². The predicted octanol–water partition coefficient (Wildman–Crippen LogP) is 3.44. The summed E-state index contributed by atoms with van der Waals surface area (Å²) < 4.78 is 5.23. The molecule has 1 heterocycles. The van der Waals surface area contributed by atoms with Crippen molar-refractivity contribution in [1.82, 2.24) is 0 Å². The third kappa shape index (κ3) is 2.69. The maximum absolute atomic E-state index is 12.6. The zero-order valence-electron chi connectivity index (χ0n) is 13.3. The summed E-state index contributed by atoms with van der Waals surface area (Å²) in [6.07, 6.45) is 1.67. The van der Waals surface area contributed by atoms with Gasteiger partial charge in [-0.05, 0) is 30.7 Å². The van der Waals surface area contributed by atoms with Crippen LogP contribution in [0.15, 0.2) is 48.5 Å². The summed E-state index contributed by atoms with van der Waals surface area (Å²) in [4.78, 5) is 38.5. The molecule has 1 aliphatic heterocycles. The van der Waals surface area contributed by atoms with E-state index in [1.54, 1.807) is 48.5 Å². The number of rotatable bonds is 5. The molecule has 0 bridgehead atoms. The fourth-order valence-corrected chi connectivity index (χ4v) is 2.64. The molecule has 1 aliphatic rings. The van der Waals surface area contributed by atoms with Gasteiger partial charge in [-0.25, -0.2) is 9.69 Å². The lowest BCUT2D eigenvalue weighted by Crippen LogP contribution is -2.31. The highest BCUT2D eigenvalue weighted by atomic mass is 16.5. The Morgan fingerprint density at radius 3 is 2.17 bits per heavy atom. The number of carbonyl (C=O) groups is 3. The lowest BCUT2D eigenvalue weighted by atomic mass is 10.1. The zero-order chi connectivity index (χ0) is 17.1. The minimum Gasteiger partial charge on any atom is -0.462 e. The van der Waals surface area contributed by atoms with Crippen LogP contribution in [0.2, 0.25) is 0 Å². The Labute approximate surface area is 139 Å². The molecule has 0 unspecified atom stereocenters. The number of anilines is 1. The number of esters is 1. The number of carbonyl (C=O) groups excluding carboxylic acids is 3. The summed E-state index contributed by atoms with van der Waals surface area (Å²) in [5, 5.41) is 0. The average molecular weight is 323 g/mol. The maximum Gasteiger partial charge on any atom is 0.340 e. The molecule has 5 nitrogen and oxygen atoms in total. The Bertz CT molecular complexity index is 778. The SMILES string of the molecule is CCCCOC(=O)c1ccccc1N1C(=O)c2ccccc2C1=O. The summed E-state index contributed by atoms with van der Waals surface area (Å²) in [6.45, 7) is 2.31. The number of fused-ring (bicyclic) bond motifs is 1. The number of ether oxygens (including phenoxy) is 1. The first-order chi connectivity index (χ1) is 11.6. The van der Waals surface area contributed by atoms with E-state index in [1.807, 2.05) is 6.92 Å². The minimum atomic E-state index is -0.532. The number of hydrogen-bond acceptors (Lipinski definition) is 4. The average Bonchev–Trinajstić information content (AvgIpc) is 2.86. The third-order valence-corrected chi connectivity index (χ3v) is 3.89. The van der Waals surface area contributed by atoms with Gasteiger partial charge in [0.25, 0.3) is 11.8 Å². The lowest BCUT2D eigenvalue weighted by Gasteiger charge is -2.17. The van der Waals surface area contributed by atoms with E-state index in [9.17, 15) is 14.4 Å². The van der Waals surface area contributed by atoms with E-state index in [0.717, 1.165) is 17.7 Å². The number of benzene rings is 2. The molecule has 5 heteroatoms. The molecule has 2 amide bonds. The van der Waals surface area contributed by atoms with Crippen molar-refractivity contribution >= 4 is 23.5 Å². The molecule has 0 saturated carbocycles. The van der Waals surface area contributed by atoms with E-state index in [0.29, 0.717) is 17.7 Å². The Morgan fingerprint density at radius 1 is 0.958 bits per heavy atom.